The van der Waals surface area contributed by atoms with Gasteiger partial charge in [0.1, 0.15) is 0 Å². The lowest BCUT2D eigenvalue weighted by Crippen LogP contribution is -2.44. The molecule has 1 heterocycles. The van der Waals surface area contributed by atoms with Crippen molar-refractivity contribution < 1.29 is 9.90 Å². The van der Waals surface area contributed by atoms with E-state index in [0.29, 0.717) is 17.8 Å². The number of carbonyl (C=O) groups excluding carboxylic acids is 1. The smallest absolute Gasteiger partial charge is 0.254 e. The maximum absolute atomic E-state index is 12.0. The van der Waals surface area contributed by atoms with Crippen LogP contribution < -0.4 is 5.32 Å². The minimum atomic E-state index is -0.718. The highest BCUT2D eigenvalue weighted by atomic mass is 16.3. The highest BCUT2D eigenvalue weighted by Crippen LogP contribution is 2.27. The van der Waals surface area contributed by atoms with Gasteiger partial charge < -0.3 is 10.4 Å². The number of carbonyl (C=O) groups is 1. The van der Waals surface area contributed by atoms with Gasteiger partial charge in [0.2, 0.25) is 0 Å². The Kier molecular flexibility index (Phi) is 3.71. The quantitative estimate of drug-likeness (QED) is 0.847. The minimum Gasteiger partial charge on any atom is -0.388 e. The van der Waals surface area contributed by atoms with E-state index in [-0.39, 0.29) is 5.91 Å². The van der Waals surface area contributed by atoms with Gasteiger partial charge in [-0.2, -0.15) is 5.10 Å². The zero-order valence-corrected chi connectivity index (χ0v) is 11.1. The van der Waals surface area contributed by atoms with Crippen molar-refractivity contribution in [2.24, 2.45) is 7.05 Å². The first-order valence-electron chi connectivity index (χ1n) is 6.51. The summed E-state index contributed by atoms with van der Waals surface area (Å²) < 4.78 is 1.62. The molecular formula is C13H21N3O2. The molecule has 1 aliphatic carbocycles. The lowest BCUT2D eigenvalue weighted by Gasteiger charge is -2.32. The fourth-order valence-corrected chi connectivity index (χ4v) is 2.55. The lowest BCUT2D eigenvalue weighted by molar-refractivity contribution is 0.00525. The van der Waals surface area contributed by atoms with Crippen LogP contribution in [0.4, 0.5) is 0 Å². The Labute approximate surface area is 107 Å². The number of aliphatic hydroxyl groups is 1. The first-order valence-corrected chi connectivity index (χ1v) is 6.51. The second-order valence-electron chi connectivity index (χ2n) is 5.27. The molecule has 1 aromatic rings. The van der Waals surface area contributed by atoms with Crippen LogP contribution in [0.25, 0.3) is 0 Å². The van der Waals surface area contributed by atoms with Crippen LogP contribution in [-0.4, -0.2) is 32.9 Å². The summed E-state index contributed by atoms with van der Waals surface area (Å²) in [5.41, 5.74) is 0.576. The van der Waals surface area contributed by atoms with Gasteiger partial charge in [0, 0.05) is 19.8 Å². The number of aromatic nitrogens is 2. The van der Waals surface area contributed by atoms with E-state index in [1.165, 1.54) is 6.42 Å². The fraction of sp³-hybridized carbons (Fsp3) is 0.692. The maximum atomic E-state index is 12.0. The van der Waals surface area contributed by atoms with Gasteiger partial charge in [-0.3, -0.25) is 9.48 Å². The molecule has 0 bridgehead atoms. The average Bonchev–Trinajstić information content (AvgIpc) is 2.67. The van der Waals surface area contributed by atoms with Gasteiger partial charge >= 0.3 is 0 Å². The maximum Gasteiger partial charge on any atom is 0.254 e. The molecule has 0 atom stereocenters. The van der Waals surface area contributed by atoms with Crippen LogP contribution in [0.5, 0.6) is 0 Å². The number of rotatable bonds is 3. The van der Waals surface area contributed by atoms with Crippen molar-refractivity contribution in [1.29, 1.82) is 0 Å². The van der Waals surface area contributed by atoms with Gasteiger partial charge in [-0.05, 0) is 19.8 Å². The molecular weight excluding hydrogens is 230 g/mol. The van der Waals surface area contributed by atoms with Crippen molar-refractivity contribution in [2.75, 3.05) is 6.54 Å². The average molecular weight is 251 g/mol. The van der Waals surface area contributed by atoms with E-state index in [0.717, 1.165) is 25.7 Å². The first kappa shape index (κ1) is 13.1. The first-order chi connectivity index (χ1) is 8.50. The Morgan fingerprint density at radius 1 is 1.50 bits per heavy atom. The van der Waals surface area contributed by atoms with Crippen molar-refractivity contribution in [3.05, 3.63) is 17.5 Å². The van der Waals surface area contributed by atoms with Crippen molar-refractivity contribution in [1.82, 2.24) is 15.1 Å². The molecule has 1 amide bonds. The molecule has 2 N–H and O–H groups in total. The molecule has 5 heteroatoms. The van der Waals surface area contributed by atoms with Crippen molar-refractivity contribution in [3.63, 3.8) is 0 Å². The van der Waals surface area contributed by atoms with Gasteiger partial charge in [-0.15, -0.1) is 0 Å². The predicted molar refractivity (Wildman–Crippen MR) is 68.3 cm³/mol. The van der Waals surface area contributed by atoms with Gasteiger partial charge in [0.15, 0.2) is 0 Å². The second kappa shape index (κ2) is 5.10. The fourth-order valence-electron chi connectivity index (χ4n) is 2.55. The van der Waals surface area contributed by atoms with Gasteiger partial charge in [-0.25, -0.2) is 0 Å². The highest BCUT2D eigenvalue weighted by Gasteiger charge is 2.29. The summed E-state index contributed by atoms with van der Waals surface area (Å²) in [5.74, 6) is -0.153. The number of amides is 1. The number of nitrogens with zero attached hydrogens (tertiary/aromatic N) is 2. The van der Waals surface area contributed by atoms with E-state index in [9.17, 15) is 9.90 Å². The summed E-state index contributed by atoms with van der Waals surface area (Å²) in [7, 11) is 1.79. The van der Waals surface area contributed by atoms with E-state index in [1.54, 1.807) is 17.9 Å². The third kappa shape index (κ3) is 2.90. The summed E-state index contributed by atoms with van der Waals surface area (Å²) in [5, 5.41) is 17.3. The second-order valence-corrected chi connectivity index (χ2v) is 5.27. The highest BCUT2D eigenvalue weighted by molar-refractivity contribution is 5.95. The van der Waals surface area contributed by atoms with Crippen molar-refractivity contribution in [3.8, 4) is 0 Å². The molecule has 0 radical (unpaired) electrons. The standard InChI is InChI=1S/C13H21N3O2/c1-10-11(8-16(2)15-10)12(17)14-9-13(18)6-4-3-5-7-13/h8,18H,3-7,9H2,1-2H3,(H,14,17). The topological polar surface area (TPSA) is 67.2 Å². The van der Waals surface area contributed by atoms with Crippen LogP contribution in [0.3, 0.4) is 0 Å². The molecule has 2 rings (SSSR count). The van der Waals surface area contributed by atoms with Crippen molar-refractivity contribution in [2.45, 2.75) is 44.6 Å². The molecule has 0 aliphatic heterocycles. The van der Waals surface area contributed by atoms with E-state index in [2.05, 4.69) is 10.4 Å². The number of hydrogen-bond donors (Lipinski definition) is 2. The molecule has 1 fully saturated rings. The third-order valence-corrected chi connectivity index (χ3v) is 3.62. The largest absolute Gasteiger partial charge is 0.388 e. The van der Waals surface area contributed by atoms with Crippen LogP contribution in [-0.2, 0) is 7.05 Å². The Bertz CT molecular complexity index is 433. The SMILES string of the molecule is Cc1nn(C)cc1C(=O)NCC1(O)CCCCC1. The number of aryl methyl sites for hydroxylation is 2. The third-order valence-electron chi connectivity index (χ3n) is 3.62. The zero-order chi connectivity index (χ0) is 13.2. The molecule has 5 nitrogen and oxygen atoms in total. The molecule has 0 aromatic carbocycles. The van der Waals surface area contributed by atoms with Crippen molar-refractivity contribution >= 4 is 5.91 Å². The summed E-state index contributed by atoms with van der Waals surface area (Å²) in [6, 6.07) is 0. The van der Waals surface area contributed by atoms with E-state index in [1.807, 2.05) is 6.92 Å². The zero-order valence-electron chi connectivity index (χ0n) is 11.1. The molecule has 18 heavy (non-hydrogen) atoms. The van der Waals surface area contributed by atoms with Gasteiger partial charge in [0.05, 0.1) is 16.9 Å². The Balaban J connectivity index is 1.94. The predicted octanol–water partition coefficient (Wildman–Crippen LogP) is 1.15. The summed E-state index contributed by atoms with van der Waals surface area (Å²) in [6.45, 7) is 2.14. The molecule has 1 aromatic heterocycles. The normalized spacial score (nSPS) is 18.6. The molecule has 1 saturated carbocycles. The van der Waals surface area contributed by atoms with Gasteiger partial charge in [-0.1, -0.05) is 19.3 Å². The monoisotopic (exact) mass is 251 g/mol. The van der Waals surface area contributed by atoms with Gasteiger partial charge in [0.25, 0.3) is 5.91 Å². The Hall–Kier alpha value is -1.36. The molecule has 0 unspecified atom stereocenters. The summed E-state index contributed by atoms with van der Waals surface area (Å²) >= 11 is 0. The number of nitrogens with one attached hydrogen (secondary N) is 1. The van der Waals surface area contributed by atoms with E-state index < -0.39 is 5.60 Å². The number of hydrogen-bond acceptors (Lipinski definition) is 3. The summed E-state index contributed by atoms with van der Waals surface area (Å²) in [6.07, 6.45) is 6.52. The Morgan fingerprint density at radius 2 is 2.17 bits per heavy atom. The van der Waals surface area contributed by atoms with E-state index >= 15 is 0 Å². The van der Waals surface area contributed by atoms with Crippen LogP contribution in [0.15, 0.2) is 6.20 Å². The molecule has 1 aliphatic rings. The molecule has 0 spiro atoms. The van der Waals surface area contributed by atoms with E-state index in [4.69, 9.17) is 0 Å². The molecule has 100 valence electrons. The van der Waals surface area contributed by atoms with Crippen LogP contribution >= 0.6 is 0 Å². The summed E-state index contributed by atoms with van der Waals surface area (Å²) in [4.78, 5) is 12.0. The van der Waals surface area contributed by atoms with Crippen LogP contribution in [0, 0.1) is 6.92 Å². The minimum absolute atomic E-state index is 0.153. The van der Waals surface area contributed by atoms with Crippen LogP contribution in [0.2, 0.25) is 0 Å². The van der Waals surface area contributed by atoms with Crippen LogP contribution in [0.1, 0.15) is 48.2 Å². The molecule has 0 saturated heterocycles. The Morgan fingerprint density at radius 3 is 2.72 bits per heavy atom. The lowest BCUT2D eigenvalue weighted by atomic mass is 9.85.